The highest BCUT2D eigenvalue weighted by atomic mass is 16.5. The van der Waals surface area contributed by atoms with Crippen LogP contribution >= 0.6 is 0 Å². The molecule has 600 valence electrons. The van der Waals surface area contributed by atoms with Crippen molar-refractivity contribution in [2.75, 3.05) is 33.0 Å². The molecule has 8 bridgehead atoms. The van der Waals surface area contributed by atoms with Crippen LogP contribution in [-0.4, -0.2) is 61.9 Å². The number of unbranched alkanes of at least 4 members (excludes halogenated alkanes) is 43. The van der Waals surface area contributed by atoms with Gasteiger partial charge in [-0.1, -0.05) is 339 Å². The highest BCUT2D eigenvalue weighted by Crippen LogP contribution is 2.41. The monoisotopic (exact) mass is 1510 g/mol. The first-order valence-corrected chi connectivity index (χ1v) is 45.0. The van der Waals surface area contributed by atoms with Crippen LogP contribution in [0.25, 0.3) is 22.3 Å². The maximum Gasteiger partial charge on any atom is 0.302 e. The molecule has 4 aromatic rings. The first kappa shape index (κ1) is 87.1. The Morgan fingerprint density at radius 1 is 0.243 bits per heavy atom. The number of ether oxygens (including phenoxy) is 5. The molecule has 0 aliphatic carbocycles. The van der Waals surface area contributed by atoms with E-state index in [1.807, 2.05) is 0 Å². The molecule has 0 atom stereocenters. The third-order valence-corrected chi connectivity index (χ3v) is 22.3. The summed E-state index contributed by atoms with van der Waals surface area (Å²) in [6.45, 7) is 11.6. The van der Waals surface area contributed by atoms with E-state index in [-0.39, 0.29) is 5.97 Å². The van der Waals surface area contributed by atoms with Gasteiger partial charge in [-0.05, 0) is 151 Å². The van der Waals surface area contributed by atoms with Crippen LogP contribution in [0.1, 0.15) is 352 Å². The predicted octanol–water partition coefficient (Wildman–Crippen LogP) is 29.2. The van der Waals surface area contributed by atoms with Crippen molar-refractivity contribution in [1.82, 2.24) is 0 Å². The van der Waals surface area contributed by atoms with Crippen LogP contribution in [-0.2, 0) is 9.53 Å². The Morgan fingerprint density at radius 2 is 0.468 bits per heavy atom. The van der Waals surface area contributed by atoms with E-state index in [2.05, 4.69) is 166 Å². The number of rotatable bonds is 61. The minimum atomic E-state index is -0.175. The average Bonchev–Trinajstić information content (AvgIpc) is 1.62. The van der Waals surface area contributed by atoms with Gasteiger partial charge in [-0.25, -0.2) is 20.0 Å². The first-order chi connectivity index (χ1) is 54.9. The summed E-state index contributed by atoms with van der Waals surface area (Å²) in [6, 6.07) is 34.2. The summed E-state index contributed by atoms with van der Waals surface area (Å²) in [5, 5.41) is 0. The largest absolute Gasteiger partial charge is 0.494 e. The number of benzene rings is 4. The molecule has 0 saturated carbocycles. The molecule has 0 unspecified atom stereocenters. The van der Waals surface area contributed by atoms with Crippen molar-refractivity contribution in [3.05, 3.63) is 191 Å². The van der Waals surface area contributed by atoms with Crippen molar-refractivity contribution < 1.29 is 28.5 Å². The van der Waals surface area contributed by atoms with Gasteiger partial charge in [0, 0.05) is 29.2 Å². The fourth-order valence-electron chi connectivity index (χ4n) is 15.8. The molecule has 5 heterocycles. The van der Waals surface area contributed by atoms with Crippen LogP contribution in [0.3, 0.4) is 0 Å². The molecule has 0 saturated heterocycles. The summed E-state index contributed by atoms with van der Waals surface area (Å²) < 4.78 is 31.4. The van der Waals surface area contributed by atoms with Crippen molar-refractivity contribution >= 4 is 51.1 Å². The lowest BCUT2D eigenvalue weighted by Gasteiger charge is -2.14. The van der Waals surface area contributed by atoms with Crippen LogP contribution in [0.2, 0.25) is 0 Å². The maximum atomic E-state index is 11.0. The highest BCUT2D eigenvalue weighted by Gasteiger charge is 2.29. The lowest BCUT2D eigenvalue weighted by Crippen LogP contribution is -2.05. The van der Waals surface area contributed by atoms with Crippen molar-refractivity contribution in [1.29, 1.82) is 0 Å². The van der Waals surface area contributed by atoms with Gasteiger partial charge in [-0.15, -0.1) is 0 Å². The molecule has 0 fully saturated rings. The number of carbonyl (C=O) groups excluding carboxylic acids is 1. The highest BCUT2D eigenvalue weighted by molar-refractivity contribution is 6.39. The quantitative estimate of drug-likeness (QED) is 0.0321. The molecule has 111 heavy (non-hydrogen) atoms. The second kappa shape index (κ2) is 53.2. The van der Waals surface area contributed by atoms with Gasteiger partial charge in [0.25, 0.3) is 0 Å². The summed E-state index contributed by atoms with van der Waals surface area (Å²) in [7, 11) is 0. The lowest BCUT2D eigenvalue weighted by atomic mass is 9.98. The average molecular weight is 1510 g/mol. The van der Waals surface area contributed by atoms with Crippen molar-refractivity contribution in [3.8, 4) is 23.0 Å². The second-order valence-corrected chi connectivity index (χ2v) is 31.8. The number of carbonyl (C=O) groups is 1. The van der Waals surface area contributed by atoms with Crippen molar-refractivity contribution in [2.45, 2.75) is 329 Å². The van der Waals surface area contributed by atoms with Gasteiger partial charge in [0.05, 0.1) is 78.7 Å². The molecule has 0 spiro atoms. The van der Waals surface area contributed by atoms with Gasteiger partial charge < -0.3 is 23.7 Å². The number of hydrogen-bond donors (Lipinski definition) is 0. The third-order valence-electron chi connectivity index (χ3n) is 22.3. The number of esters is 1. The Morgan fingerprint density at radius 3 is 0.721 bits per heavy atom. The Bertz CT molecular complexity index is 3740. The molecule has 9 rings (SSSR count). The first-order valence-electron chi connectivity index (χ1n) is 45.0. The molecule has 0 amide bonds. The fourth-order valence-corrected chi connectivity index (χ4v) is 15.8. The second-order valence-electron chi connectivity index (χ2n) is 31.8. The Kier molecular flexibility index (Phi) is 41.8. The van der Waals surface area contributed by atoms with Crippen LogP contribution in [0.15, 0.2) is 188 Å². The van der Waals surface area contributed by atoms with E-state index >= 15 is 0 Å². The van der Waals surface area contributed by atoms with E-state index in [9.17, 15) is 4.79 Å². The van der Waals surface area contributed by atoms with E-state index in [0.717, 1.165) is 152 Å². The molecule has 0 N–H and O–H groups in total. The molecule has 5 aliphatic rings. The lowest BCUT2D eigenvalue weighted by molar-refractivity contribution is -0.141. The summed E-state index contributed by atoms with van der Waals surface area (Å²) in [4.78, 5) is 33.7. The number of hydrogen-bond acceptors (Lipinski definition) is 10. The van der Waals surface area contributed by atoms with Gasteiger partial charge >= 0.3 is 5.97 Å². The van der Waals surface area contributed by atoms with Crippen LogP contribution < -0.4 is 18.9 Å². The zero-order chi connectivity index (χ0) is 77.2. The summed E-state index contributed by atoms with van der Waals surface area (Å²) in [5.74, 6) is 3.20. The Labute approximate surface area is 671 Å². The Hall–Kier alpha value is -7.85. The molecule has 4 aromatic carbocycles. The smallest absolute Gasteiger partial charge is 0.302 e. The third kappa shape index (κ3) is 31.9. The predicted molar refractivity (Wildman–Crippen MR) is 472 cm³/mol. The summed E-state index contributed by atoms with van der Waals surface area (Å²) in [6.07, 6.45) is 77.2. The van der Waals surface area contributed by atoms with E-state index < -0.39 is 0 Å². The molecular weight excluding hydrogens is 1370 g/mol. The van der Waals surface area contributed by atoms with Gasteiger partial charge in [-0.2, -0.15) is 0 Å². The SMILES string of the molecule is CCCCCCCCCCCCCOc1cccc(C2=C3C=CC(=N3)C(c3cccc(OCCCCCCCCCCCCC)c3)=C3C=CC(=N3)C(c3cccc(OCCCCCCCCCCCCC)c3)=C3C=CC(=N3)C(c3ccc(OCCCCCCCCCCCCCCCCOC(C)=O)cc3)=C3C=CC2=N3)c1. The van der Waals surface area contributed by atoms with Gasteiger partial charge in [-0.3, -0.25) is 4.79 Å². The summed E-state index contributed by atoms with van der Waals surface area (Å²) >= 11 is 0. The van der Waals surface area contributed by atoms with Gasteiger partial charge in [0.15, 0.2) is 0 Å². The van der Waals surface area contributed by atoms with Crippen molar-refractivity contribution in [2.24, 2.45) is 20.0 Å². The fraction of sp³-hybridized carbons (Fsp3) is 0.554. The Balaban J connectivity index is 0.975. The normalized spacial score (nSPS) is 14.3. The van der Waals surface area contributed by atoms with Crippen LogP contribution in [0, 0.1) is 0 Å². The number of aliphatic imine (C=N–C) groups is 4. The molecular formula is C101H140N4O6. The number of fused-ring (bicyclic) bond motifs is 4. The van der Waals surface area contributed by atoms with Gasteiger partial charge in [0.2, 0.25) is 0 Å². The standard InChI is InChI=1S/C101H140N4O6/c1-5-8-11-14-17-20-27-33-39-44-49-75-109-87-58-52-55-83(78-87)99-92-67-65-90(102-92)98(82-61-63-86(64-62-82)108-74-48-43-38-36-31-26-24-23-25-30-32-37-42-47-73-107-81(4)106)91-66-68-93(103-91)100(84-56-53-59-88(79-84)110-76-50-45-40-34-28-21-18-15-12-9-6-2)95-70-72-97(105-95)101(96-71-69-94(99)104-96)85-57-54-60-89(80-85)111-77-51-46-41-35-29-22-19-16-13-10-7-3/h52-72,78-80H,5-51,73-77H2,1-4H3. The topological polar surface area (TPSA) is 113 Å². The van der Waals surface area contributed by atoms with E-state index in [1.165, 1.54) is 270 Å². The van der Waals surface area contributed by atoms with E-state index in [1.54, 1.807) is 0 Å². The molecule has 10 heteroatoms. The number of nitrogens with zero attached hydrogens (tertiary/aromatic N) is 4. The van der Waals surface area contributed by atoms with E-state index in [0.29, 0.717) is 33.0 Å². The zero-order valence-electron chi connectivity index (χ0n) is 69.4. The molecule has 5 aliphatic heterocycles. The molecule has 0 aromatic heterocycles. The molecule has 10 nitrogen and oxygen atoms in total. The summed E-state index contributed by atoms with van der Waals surface area (Å²) in [5.41, 5.74) is 14.1. The maximum absolute atomic E-state index is 11.0. The van der Waals surface area contributed by atoms with Crippen LogP contribution in [0.4, 0.5) is 0 Å². The number of allylic oxidation sites excluding steroid dienone is 12. The minimum absolute atomic E-state index is 0.175. The van der Waals surface area contributed by atoms with Crippen molar-refractivity contribution in [3.63, 3.8) is 0 Å². The molecule has 0 radical (unpaired) electrons. The van der Waals surface area contributed by atoms with Gasteiger partial charge in [0.1, 0.15) is 23.0 Å². The van der Waals surface area contributed by atoms with Crippen LogP contribution in [0.5, 0.6) is 23.0 Å². The zero-order valence-corrected chi connectivity index (χ0v) is 69.4. The minimum Gasteiger partial charge on any atom is -0.494 e. The van der Waals surface area contributed by atoms with E-state index in [4.69, 9.17) is 43.7 Å².